The molecule has 0 saturated carbocycles. The van der Waals surface area contributed by atoms with E-state index in [1.54, 1.807) is 7.05 Å². The second-order valence-electron chi connectivity index (χ2n) is 3.43. The van der Waals surface area contributed by atoms with Crippen LogP contribution in [0.1, 0.15) is 5.56 Å². The Bertz CT molecular complexity index is 377. The minimum Gasteiger partial charge on any atom is -0.482 e. The summed E-state index contributed by atoms with van der Waals surface area (Å²) >= 11 is 0. The minimum absolute atomic E-state index is 0.0641. The van der Waals surface area contributed by atoms with E-state index in [0.29, 0.717) is 0 Å². The Kier molecular flexibility index (Phi) is 2.76. The number of para-hydroxylation sites is 1. The number of amides is 1. The zero-order valence-electron chi connectivity index (χ0n) is 8.67. The topological polar surface area (TPSA) is 50.4 Å². The van der Waals surface area contributed by atoms with E-state index in [9.17, 15) is 4.79 Å². The molecule has 4 heteroatoms. The van der Waals surface area contributed by atoms with E-state index >= 15 is 0 Å². The smallest absolute Gasteiger partial charge is 0.257 e. The maximum atomic E-state index is 11.0. The average Bonchev–Trinajstić information content (AvgIpc) is 2.74. The van der Waals surface area contributed by atoms with Crippen LogP contribution in [0, 0.1) is 0 Å². The van der Waals surface area contributed by atoms with Gasteiger partial charge in [-0.05, 0) is 18.1 Å². The lowest BCUT2D eigenvalue weighted by Gasteiger charge is -2.09. The summed E-state index contributed by atoms with van der Waals surface area (Å²) in [7, 11) is 1.60. The summed E-state index contributed by atoms with van der Waals surface area (Å²) < 4.78 is 5.43. The van der Waals surface area contributed by atoms with E-state index in [2.05, 4.69) is 16.7 Å². The maximum Gasteiger partial charge on any atom is 0.257 e. The molecule has 1 aliphatic rings. The summed E-state index contributed by atoms with van der Waals surface area (Å²) in [5.74, 6) is 0.638. The predicted octanol–water partition coefficient (Wildman–Crippen LogP) is 0.779. The third-order valence-corrected chi connectivity index (χ3v) is 2.45. The van der Waals surface area contributed by atoms with Gasteiger partial charge in [-0.15, -0.1) is 0 Å². The first-order valence-corrected chi connectivity index (χ1v) is 5.00. The molecule has 0 bridgehead atoms. The number of nitrogens with one attached hydrogen (secondary N) is 2. The molecule has 0 radical (unpaired) electrons. The highest BCUT2D eigenvalue weighted by Crippen LogP contribution is 2.32. The van der Waals surface area contributed by atoms with Crippen molar-refractivity contribution in [3.63, 3.8) is 0 Å². The molecular weight excluding hydrogens is 192 g/mol. The Balaban J connectivity index is 2.09. The van der Waals surface area contributed by atoms with Crippen LogP contribution < -0.4 is 15.4 Å². The molecule has 0 atom stereocenters. The van der Waals surface area contributed by atoms with Crippen molar-refractivity contribution in [3.8, 4) is 5.75 Å². The van der Waals surface area contributed by atoms with Gasteiger partial charge in [0.2, 0.25) is 0 Å². The molecule has 1 heterocycles. The van der Waals surface area contributed by atoms with E-state index in [4.69, 9.17) is 4.74 Å². The third-order valence-electron chi connectivity index (χ3n) is 2.45. The lowest BCUT2D eigenvalue weighted by Crippen LogP contribution is -2.25. The largest absolute Gasteiger partial charge is 0.482 e. The summed E-state index contributed by atoms with van der Waals surface area (Å²) in [5, 5.41) is 5.77. The summed E-state index contributed by atoms with van der Waals surface area (Å²) in [6.07, 6.45) is 1.02. The molecule has 0 saturated heterocycles. The molecule has 15 heavy (non-hydrogen) atoms. The van der Waals surface area contributed by atoms with Crippen molar-refractivity contribution in [2.24, 2.45) is 0 Å². The van der Waals surface area contributed by atoms with E-state index in [-0.39, 0.29) is 12.5 Å². The summed E-state index contributed by atoms with van der Waals surface area (Å²) in [6, 6.07) is 5.90. The highest BCUT2D eigenvalue weighted by molar-refractivity contribution is 5.77. The van der Waals surface area contributed by atoms with Crippen molar-refractivity contribution < 1.29 is 9.53 Å². The van der Waals surface area contributed by atoms with Crippen LogP contribution in [0.2, 0.25) is 0 Å². The van der Waals surface area contributed by atoms with Crippen molar-refractivity contribution in [1.82, 2.24) is 5.32 Å². The van der Waals surface area contributed by atoms with Gasteiger partial charge in [-0.3, -0.25) is 4.79 Å². The number of hydrogen-bond donors (Lipinski definition) is 2. The molecule has 80 valence electrons. The first-order chi connectivity index (χ1) is 7.31. The monoisotopic (exact) mass is 206 g/mol. The van der Waals surface area contributed by atoms with Gasteiger partial charge in [-0.1, -0.05) is 12.1 Å². The molecule has 0 aromatic heterocycles. The zero-order chi connectivity index (χ0) is 10.7. The molecule has 1 amide bonds. The lowest BCUT2D eigenvalue weighted by atomic mass is 10.1. The van der Waals surface area contributed by atoms with Gasteiger partial charge in [0.05, 0.1) is 5.69 Å². The first-order valence-electron chi connectivity index (χ1n) is 5.00. The SMILES string of the molecule is CNC(=O)COc1cccc2c1NCC2. The Labute approximate surface area is 88.6 Å². The Morgan fingerprint density at radius 2 is 2.47 bits per heavy atom. The fourth-order valence-electron chi connectivity index (χ4n) is 1.64. The van der Waals surface area contributed by atoms with Crippen LogP contribution in [-0.2, 0) is 11.2 Å². The van der Waals surface area contributed by atoms with Crippen molar-refractivity contribution in [2.75, 3.05) is 25.5 Å². The van der Waals surface area contributed by atoms with Crippen molar-refractivity contribution in [1.29, 1.82) is 0 Å². The highest BCUT2D eigenvalue weighted by Gasteiger charge is 2.14. The number of carbonyl (C=O) groups is 1. The van der Waals surface area contributed by atoms with Crippen LogP contribution in [0.15, 0.2) is 18.2 Å². The fraction of sp³-hybridized carbons (Fsp3) is 0.364. The quantitative estimate of drug-likeness (QED) is 0.768. The van der Waals surface area contributed by atoms with Gasteiger partial charge in [0.25, 0.3) is 5.91 Å². The minimum atomic E-state index is -0.120. The Hall–Kier alpha value is -1.71. The molecule has 0 fully saturated rings. The van der Waals surface area contributed by atoms with Gasteiger partial charge in [0.15, 0.2) is 6.61 Å². The van der Waals surface area contributed by atoms with Gasteiger partial charge in [0.1, 0.15) is 5.75 Å². The van der Waals surface area contributed by atoms with Crippen molar-refractivity contribution >= 4 is 11.6 Å². The number of carbonyl (C=O) groups excluding carboxylic acids is 1. The van der Waals surface area contributed by atoms with Crippen molar-refractivity contribution in [3.05, 3.63) is 23.8 Å². The van der Waals surface area contributed by atoms with Gasteiger partial charge >= 0.3 is 0 Å². The number of ether oxygens (including phenoxy) is 1. The number of rotatable bonds is 3. The van der Waals surface area contributed by atoms with Crippen LogP contribution >= 0.6 is 0 Å². The normalized spacial score (nSPS) is 12.9. The molecule has 1 aromatic carbocycles. The van der Waals surface area contributed by atoms with Gasteiger partial charge in [-0.2, -0.15) is 0 Å². The Morgan fingerprint density at radius 3 is 3.27 bits per heavy atom. The molecule has 0 aliphatic carbocycles. The third kappa shape index (κ3) is 2.03. The summed E-state index contributed by atoms with van der Waals surface area (Å²) in [4.78, 5) is 11.0. The maximum absolute atomic E-state index is 11.0. The van der Waals surface area contributed by atoms with Crippen LogP contribution in [0.25, 0.3) is 0 Å². The second kappa shape index (κ2) is 4.21. The first kappa shape index (κ1) is 9.83. The van der Waals surface area contributed by atoms with Crippen LogP contribution in [-0.4, -0.2) is 26.1 Å². The number of likely N-dealkylation sites (N-methyl/N-ethyl adjacent to an activating group) is 1. The molecule has 2 rings (SSSR count). The van der Waals surface area contributed by atoms with Crippen molar-refractivity contribution in [2.45, 2.75) is 6.42 Å². The predicted molar refractivity (Wildman–Crippen MR) is 58.2 cm³/mol. The molecule has 0 unspecified atom stereocenters. The molecule has 4 nitrogen and oxygen atoms in total. The van der Waals surface area contributed by atoms with E-state index in [1.165, 1.54) is 5.56 Å². The molecule has 1 aliphatic heterocycles. The highest BCUT2D eigenvalue weighted by atomic mass is 16.5. The second-order valence-corrected chi connectivity index (χ2v) is 3.43. The standard InChI is InChI=1S/C11H14N2O2/c1-12-10(14)7-15-9-4-2-3-8-5-6-13-11(8)9/h2-4,13H,5-7H2,1H3,(H,12,14). The molecule has 1 aromatic rings. The number of anilines is 1. The summed E-state index contributed by atoms with van der Waals surface area (Å²) in [6.45, 7) is 1.00. The molecular formula is C11H14N2O2. The summed E-state index contributed by atoms with van der Waals surface area (Å²) in [5.41, 5.74) is 2.28. The van der Waals surface area contributed by atoms with Crippen LogP contribution in [0.4, 0.5) is 5.69 Å². The Morgan fingerprint density at radius 1 is 1.60 bits per heavy atom. The van der Waals surface area contributed by atoms with Gasteiger partial charge in [0, 0.05) is 13.6 Å². The molecule has 0 spiro atoms. The zero-order valence-corrected chi connectivity index (χ0v) is 8.67. The lowest BCUT2D eigenvalue weighted by molar-refractivity contribution is -0.122. The van der Waals surface area contributed by atoms with E-state index < -0.39 is 0 Å². The number of hydrogen-bond acceptors (Lipinski definition) is 3. The van der Waals surface area contributed by atoms with Gasteiger partial charge in [-0.25, -0.2) is 0 Å². The van der Waals surface area contributed by atoms with Gasteiger partial charge < -0.3 is 15.4 Å². The van der Waals surface area contributed by atoms with Crippen LogP contribution in [0.5, 0.6) is 5.75 Å². The fourth-order valence-corrected chi connectivity index (χ4v) is 1.64. The number of benzene rings is 1. The number of fused-ring (bicyclic) bond motifs is 1. The van der Waals surface area contributed by atoms with E-state index in [0.717, 1.165) is 24.4 Å². The average molecular weight is 206 g/mol. The van der Waals surface area contributed by atoms with E-state index in [1.807, 2.05) is 12.1 Å². The molecule has 2 N–H and O–H groups in total. The van der Waals surface area contributed by atoms with Crippen LogP contribution in [0.3, 0.4) is 0 Å².